The van der Waals surface area contributed by atoms with Crippen LogP contribution >= 0.6 is 0 Å². The minimum atomic E-state index is 0.322. The molecule has 6 atom stereocenters. The molecule has 1 aliphatic carbocycles. The summed E-state index contributed by atoms with van der Waals surface area (Å²) >= 11 is 0. The predicted octanol–water partition coefficient (Wildman–Crippen LogP) is 1.15. The van der Waals surface area contributed by atoms with E-state index in [1.165, 1.54) is 38.6 Å². The van der Waals surface area contributed by atoms with Crippen LogP contribution < -0.4 is 16.1 Å². The minimum Gasteiger partial charge on any atom is -0.379 e. The van der Waals surface area contributed by atoms with Crippen LogP contribution in [0.5, 0.6) is 0 Å². The number of hydrazine groups is 1. The zero-order valence-electron chi connectivity index (χ0n) is 19.7. The van der Waals surface area contributed by atoms with Gasteiger partial charge in [-0.25, -0.2) is 5.01 Å². The van der Waals surface area contributed by atoms with Gasteiger partial charge in [0.1, 0.15) is 0 Å². The van der Waals surface area contributed by atoms with Crippen molar-refractivity contribution in [2.24, 2.45) is 5.92 Å². The lowest BCUT2D eigenvalue weighted by Gasteiger charge is -2.45. The van der Waals surface area contributed by atoms with E-state index in [1.807, 2.05) is 0 Å². The highest BCUT2D eigenvalue weighted by molar-refractivity contribution is 4.96. The Morgan fingerprint density at radius 3 is 2.62 bits per heavy atom. The van der Waals surface area contributed by atoms with Gasteiger partial charge in [0.2, 0.25) is 0 Å². The maximum atomic E-state index is 5.62. The highest BCUT2D eigenvalue weighted by Crippen LogP contribution is 2.29. The highest BCUT2D eigenvalue weighted by atomic mass is 16.5. The second-order valence-electron chi connectivity index (χ2n) is 10.3. The van der Waals surface area contributed by atoms with Crippen LogP contribution in [0.15, 0.2) is 12.4 Å². The average molecular weight is 447 g/mol. The van der Waals surface area contributed by atoms with Crippen LogP contribution in [0.2, 0.25) is 0 Å². The van der Waals surface area contributed by atoms with E-state index < -0.39 is 0 Å². The minimum absolute atomic E-state index is 0.322. The second kappa shape index (κ2) is 10.9. The fourth-order valence-electron chi connectivity index (χ4n) is 6.19. The molecule has 0 amide bonds. The monoisotopic (exact) mass is 446 g/mol. The molecule has 4 aliphatic rings. The van der Waals surface area contributed by atoms with Crippen molar-refractivity contribution in [2.75, 3.05) is 32.8 Å². The van der Waals surface area contributed by atoms with Crippen LogP contribution in [0.3, 0.4) is 0 Å². The molecule has 5 rings (SSSR count). The zero-order valence-corrected chi connectivity index (χ0v) is 19.7. The summed E-state index contributed by atoms with van der Waals surface area (Å²) in [6, 6.07) is 1.73. The van der Waals surface area contributed by atoms with E-state index in [1.54, 1.807) is 17.2 Å². The van der Waals surface area contributed by atoms with E-state index in [9.17, 15) is 0 Å². The van der Waals surface area contributed by atoms with Gasteiger partial charge in [-0.05, 0) is 44.4 Å². The molecule has 0 aromatic carbocycles. The van der Waals surface area contributed by atoms with Crippen LogP contribution in [0.4, 0.5) is 0 Å². The van der Waals surface area contributed by atoms with Gasteiger partial charge in [-0.15, -0.1) is 0 Å². The number of ether oxygens (including phenoxy) is 1. The molecule has 32 heavy (non-hydrogen) atoms. The van der Waals surface area contributed by atoms with E-state index in [0.29, 0.717) is 24.4 Å². The standard InChI is InChI=1S/C23H42N8O/c1-18-4-2-5-19(16-18)30-11-7-20(28-30)21-17-23(29-12-14-32-15-13-29)27-22(26-21)6-3-10-31-24-8-9-25-31/h8-9,18-23,26-28H,2-7,10-17H2,1H3. The van der Waals surface area contributed by atoms with Gasteiger partial charge < -0.3 is 4.74 Å². The maximum absolute atomic E-state index is 5.62. The Balaban J connectivity index is 1.19. The number of morpholine rings is 1. The van der Waals surface area contributed by atoms with Crippen LogP contribution in [-0.4, -0.2) is 88.2 Å². The molecule has 0 radical (unpaired) electrons. The van der Waals surface area contributed by atoms with Crippen LogP contribution in [0, 0.1) is 5.92 Å². The summed E-state index contributed by atoms with van der Waals surface area (Å²) in [4.78, 5) is 4.39. The first kappa shape index (κ1) is 22.7. The van der Waals surface area contributed by atoms with E-state index in [2.05, 4.69) is 43.1 Å². The molecule has 3 saturated heterocycles. The average Bonchev–Trinajstić information content (AvgIpc) is 3.52. The molecular formula is C23H42N8O. The van der Waals surface area contributed by atoms with Crippen molar-refractivity contribution in [3.8, 4) is 0 Å². The molecule has 4 fully saturated rings. The first-order valence-corrected chi connectivity index (χ1v) is 13.0. The molecule has 9 nitrogen and oxygen atoms in total. The summed E-state index contributed by atoms with van der Waals surface area (Å²) in [5.74, 6) is 0.867. The fourth-order valence-corrected chi connectivity index (χ4v) is 6.19. The second-order valence-corrected chi connectivity index (χ2v) is 10.3. The van der Waals surface area contributed by atoms with Crippen molar-refractivity contribution < 1.29 is 4.74 Å². The Labute approximate surface area is 192 Å². The summed E-state index contributed by atoms with van der Waals surface area (Å²) in [5, 5.41) is 19.0. The maximum Gasteiger partial charge on any atom is 0.0693 e. The smallest absolute Gasteiger partial charge is 0.0693 e. The molecule has 6 unspecified atom stereocenters. The molecule has 4 heterocycles. The molecule has 1 aromatic heterocycles. The van der Waals surface area contributed by atoms with Crippen molar-refractivity contribution in [1.82, 2.24) is 41.0 Å². The molecular weight excluding hydrogens is 404 g/mol. The van der Waals surface area contributed by atoms with Gasteiger partial charge in [0.15, 0.2) is 0 Å². The molecule has 1 aromatic rings. The third kappa shape index (κ3) is 5.69. The lowest BCUT2D eigenvalue weighted by atomic mass is 9.87. The largest absolute Gasteiger partial charge is 0.379 e. The lowest BCUT2D eigenvalue weighted by Crippen LogP contribution is -2.67. The summed E-state index contributed by atoms with van der Waals surface area (Å²) in [5.41, 5.74) is 3.95. The van der Waals surface area contributed by atoms with Gasteiger partial charge in [-0.2, -0.15) is 15.0 Å². The summed E-state index contributed by atoms with van der Waals surface area (Å²) in [7, 11) is 0. The third-order valence-electron chi connectivity index (χ3n) is 7.94. The van der Waals surface area contributed by atoms with Crippen molar-refractivity contribution in [1.29, 1.82) is 0 Å². The van der Waals surface area contributed by atoms with Crippen molar-refractivity contribution in [3.05, 3.63) is 12.4 Å². The highest BCUT2D eigenvalue weighted by Gasteiger charge is 2.39. The first-order valence-electron chi connectivity index (χ1n) is 13.0. The van der Waals surface area contributed by atoms with Crippen molar-refractivity contribution in [3.63, 3.8) is 0 Å². The topological polar surface area (TPSA) is 82.5 Å². The zero-order chi connectivity index (χ0) is 21.8. The number of nitrogens with zero attached hydrogens (tertiary/aromatic N) is 5. The Morgan fingerprint density at radius 1 is 0.969 bits per heavy atom. The van der Waals surface area contributed by atoms with Crippen LogP contribution in [0.25, 0.3) is 0 Å². The fraction of sp³-hybridized carbons (Fsp3) is 0.913. The molecule has 3 N–H and O–H groups in total. The van der Waals surface area contributed by atoms with Gasteiger partial charge in [-0.1, -0.05) is 19.8 Å². The number of aryl methyl sites for hydroxylation is 1. The number of nitrogens with one attached hydrogen (secondary N) is 3. The van der Waals surface area contributed by atoms with Gasteiger partial charge in [0.25, 0.3) is 0 Å². The van der Waals surface area contributed by atoms with E-state index in [4.69, 9.17) is 4.74 Å². The number of aromatic nitrogens is 3. The molecule has 9 heteroatoms. The first-order chi connectivity index (χ1) is 15.7. The summed E-state index contributed by atoms with van der Waals surface area (Å²) in [6.07, 6.45) is 14.3. The Bertz CT molecular complexity index is 682. The number of rotatable bonds is 7. The summed E-state index contributed by atoms with van der Waals surface area (Å²) < 4.78 is 5.62. The van der Waals surface area contributed by atoms with E-state index >= 15 is 0 Å². The molecule has 0 bridgehead atoms. The molecule has 180 valence electrons. The van der Waals surface area contributed by atoms with E-state index in [-0.39, 0.29) is 0 Å². The molecule has 1 saturated carbocycles. The Kier molecular flexibility index (Phi) is 7.71. The summed E-state index contributed by atoms with van der Waals surface area (Å²) in [6.45, 7) is 8.23. The lowest BCUT2D eigenvalue weighted by molar-refractivity contribution is -0.0134. The van der Waals surface area contributed by atoms with Crippen LogP contribution in [-0.2, 0) is 11.3 Å². The van der Waals surface area contributed by atoms with Gasteiger partial charge in [0.05, 0.1) is 44.5 Å². The van der Waals surface area contributed by atoms with Crippen molar-refractivity contribution >= 4 is 0 Å². The van der Waals surface area contributed by atoms with E-state index in [0.717, 1.165) is 64.1 Å². The van der Waals surface area contributed by atoms with Gasteiger partial charge in [-0.3, -0.25) is 21.0 Å². The molecule has 3 aliphatic heterocycles. The number of hydrogen-bond acceptors (Lipinski definition) is 8. The third-order valence-corrected chi connectivity index (χ3v) is 7.94. The normalized spacial score (nSPS) is 37.7. The Hall–Kier alpha value is -1.10. The van der Waals surface area contributed by atoms with Crippen LogP contribution in [0.1, 0.15) is 58.3 Å². The van der Waals surface area contributed by atoms with Gasteiger partial charge in [0, 0.05) is 37.8 Å². The molecule has 0 spiro atoms. The SMILES string of the molecule is CC1CCCC(N2CCC(C3CC(N4CCOCC4)NC(CCCn4nccn4)N3)N2)C1. The quantitative estimate of drug-likeness (QED) is 0.576. The van der Waals surface area contributed by atoms with Gasteiger partial charge >= 0.3 is 0 Å². The Morgan fingerprint density at radius 2 is 1.81 bits per heavy atom. The number of hydrogen-bond donors (Lipinski definition) is 3. The predicted molar refractivity (Wildman–Crippen MR) is 124 cm³/mol. The van der Waals surface area contributed by atoms with Crippen molar-refractivity contribution in [2.45, 2.75) is 95.3 Å².